The van der Waals surface area contributed by atoms with E-state index in [2.05, 4.69) is 0 Å². The van der Waals surface area contributed by atoms with Crippen LogP contribution in [0.3, 0.4) is 0 Å². The van der Waals surface area contributed by atoms with Gasteiger partial charge in [0.2, 0.25) is 0 Å². The van der Waals surface area contributed by atoms with Crippen LogP contribution in [0.15, 0.2) is 36.4 Å². The van der Waals surface area contributed by atoms with Gasteiger partial charge in [0.1, 0.15) is 11.6 Å². The molecule has 2 aromatic rings. The Morgan fingerprint density at radius 2 is 1.68 bits per heavy atom. The molecule has 1 aliphatic heterocycles. The van der Waals surface area contributed by atoms with Crippen LogP contribution in [-0.2, 0) is 0 Å². The van der Waals surface area contributed by atoms with Crippen molar-refractivity contribution < 1.29 is 19.0 Å². The average Bonchev–Trinajstić information content (AvgIpc) is 2.61. The van der Waals surface area contributed by atoms with E-state index in [1.807, 2.05) is 6.07 Å². The third-order valence-corrected chi connectivity index (χ3v) is 2.96. The minimum Gasteiger partial charge on any atom is -0.508 e. The van der Waals surface area contributed by atoms with Crippen LogP contribution < -0.4 is 9.47 Å². The highest BCUT2D eigenvalue weighted by Gasteiger charge is 2.12. The number of hydrogen-bond acceptors (Lipinski definition) is 3. The molecule has 1 aliphatic rings. The molecule has 19 heavy (non-hydrogen) atoms. The van der Waals surface area contributed by atoms with Crippen molar-refractivity contribution in [2.75, 3.05) is 13.2 Å². The molecule has 1 N–H and O–H groups in total. The monoisotopic (exact) mass is 260 g/mol. The van der Waals surface area contributed by atoms with E-state index in [-0.39, 0.29) is 5.75 Å². The van der Waals surface area contributed by atoms with E-state index in [0.717, 1.165) is 18.1 Å². The molecule has 0 aliphatic carbocycles. The smallest absolute Gasteiger partial charge is 0.161 e. The Bertz CT molecular complexity index is 590. The Morgan fingerprint density at radius 3 is 2.47 bits per heavy atom. The number of halogens is 1. The quantitative estimate of drug-likeness (QED) is 0.854. The van der Waals surface area contributed by atoms with Crippen molar-refractivity contribution in [3.63, 3.8) is 0 Å². The Hall–Kier alpha value is -2.23. The van der Waals surface area contributed by atoms with Crippen molar-refractivity contribution in [2.45, 2.75) is 6.42 Å². The van der Waals surface area contributed by atoms with Crippen molar-refractivity contribution in [1.82, 2.24) is 0 Å². The number of phenols is 1. The number of aromatic hydroxyl groups is 1. The van der Waals surface area contributed by atoms with Gasteiger partial charge in [0, 0.05) is 12.5 Å². The maximum atomic E-state index is 13.3. The zero-order chi connectivity index (χ0) is 13.2. The lowest BCUT2D eigenvalue weighted by molar-refractivity contribution is 0.297. The van der Waals surface area contributed by atoms with Crippen molar-refractivity contribution in [3.05, 3.63) is 42.2 Å². The van der Waals surface area contributed by atoms with Gasteiger partial charge in [-0.2, -0.15) is 0 Å². The summed E-state index contributed by atoms with van der Waals surface area (Å²) in [7, 11) is 0. The minimum absolute atomic E-state index is 0.0953. The molecule has 0 fully saturated rings. The highest BCUT2D eigenvalue weighted by molar-refractivity contribution is 5.68. The van der Waals surface area contributed by atoms with Gasteiger partial charge in [0.25, 0.3) is 0 Å². The first-order valence-corrected chi connectivity index (χ1v) is 6.12. The normalized spacial score (nSPS) is 13.9. The summed E-state index contributed by atoms with van der Waals surface area (Å²) in [6.07, 6.45) is 0.838. The number of phenolic OH excluding ortho intramolecular Hbond substituents is 1. The van der Waals surface area contributed by atoms with Crippen LogP contribution in [0.2, 0.25) is 0 Å². The Morgan fingerprint density at radius 1 is 0.895 bits per heavy atom. The number of ether oxygens (including phenoxy) is 2. The Balaban J connectivity index is 2.03. The molecule has 98 valence electrons. The summed E-state index contributed by atoms with van der Waals surface area (Å²) < 4.78 is 24.4. The lowest BCUT2D eigenvalue weighted by Gasteiger charge is -2.10. The molecule has 0 saturated carbocycles. The third kappa shape index (κ3) is 2.47. The first-order valence-electron chi connectivity index (χ1n) is 6.12. The largest absolute Gasteiger partial charge is 0.508 e. The second kappa shape index (κ2) is 4.80. The fourth-order valence-corrected chi connectivity index (χ4v) is 2.08. The number of fused-ring (bicyclic) bond motifs is 1. The van der Waals surface area contributed by atoms with Gasteiger partial charge in [0.05, 0.1) is 13.2 Å². The molecule has 0 radical (unpaired) electrons. The van der Waals surface area contributed by atoms with Crippen molar-refractivity contribution in [2.24, 2.45) is 0 Å². The van der Waals surface area contributed by atoms with Crippen molar-refractivity contribution in [3.8, 4) is 28.4 Å². The van der Waals surface area contributed by atoms with Gasteiger partial charge in [0.15, 0.2) is 11.5 Å². The molecule has 0 spiro atoms. The molecule has 0 amide bonds. The number of hydrogen-bond donors (Lipinski definition) is 1. The Kier molecular flexibility index (Phi) is 2.99. The molecule has 0 bridgehead atoms. The van der Waals surface area contributed by atoms with E-state index in [9.17, 15) is 9.50 Å². The molecule has 0 saturated heterocycles. The number of rotatable bonds is 1. The fraction of sp³-hybridized carbons (Fsp3) is 0.200. The van der Waals surface area contributed by atoms with Crippen LogP contribution in [0.25, 0.3) is 11.1 Å². The summed E-state index contributed by atoms with van der Waals surface area (Å²) in [4.78, 5) is 0. The summed E-state index contributed by atoms with van der Waals surface area (Å²) in [6, 6.07) is 9.39. The van der Waals surface area contributed by atoms with E-state index in [1.165, 1.54) is 12.1 Å². The second-order valence-electron chi connectivity index (χ2n) is 4.41. The SMILES string of the molecule is Oc1cc(F)cc(-c2ccc3c(c2)OCCCO3)c1. The molecule has 3 nitrogen and oxygen atoms in total. The summed E-state index contributed by atoms with van der Waals surface area (Å²) >= 11 is 0. The van der Waals surface area contributed by atoms with E-state index >= 15 is 0 Å². The average molecular weight is 260 g/mol. The minimum atomic E-state index is -0.470. The highest BCUT2D eigenvalue weighted by atomic mass is 19.1. The van der Waals surface area contributed by atoms with E-state index < -0.39 is 5.82 Å². The lowest BCUT2D eigenvalue weighted by Crippen LogP contribution is -1.97. The molecular formula is C15H13FO3. The van der Waals surface area contributed by atoms with Gasteiger partial charge < -0.3 is 14.6 Å². The summed E-state index contributed by atoms with van der Waals surface area (Å²) in [5.74, 6) is 0.782. The van der Waals surface area contributed by atoms with Crippen LogP contribution in [0, 0.1) is 5.82 Å². The van der Waals surface area contributed by atoms with Gasteiger partial charge in [-0.1, -0.05) is 6.07 Å². The van der Waals surface area contributed by atoms with Crippen molar-refractivity contribution >= 4 is 0 Å². The van der Waals surface area contributed by atoms with Gasteiger partial charge in [-0.05, 0) is 35.4 Å². The maximum absolute atomic E-state index is 13.3. The van der Waals surface area contributed by atoms with E-state index in [1.54, 1.807) is 12.1 Å². The van der Waals surface area contributed by atoms with Gasteiger partial charge in [-0.3, -0.25) is 0 Å². The lowest BCUT2D eigenvalue weighted by atomic mass is 10.0. The van der Waals surface area contributed by atoms with Crippen LogP contribution in [0.1, 0.15) is 6.42 Å². The highest BCUT2D eigenvalue weighted by Crippen LogP contribution is 2.35. The summed E-state index contributed by atoms with van der Waals surface area (Å²) in [6.45, 7) is 1.23. The fourth-order valence-electron chi connectivity index (χ4n) is 2.08. The predicted molar refractivity (Wildman–Crippen MR) is 69.1 cm³/mol. The molecule has 0 atom stereocenters. The van der Waals surface area contributed by atoms with E-state index in [4.69, 9.17) is 9.47 Å². The molecule has 0 unspecified atom stereocenters. The maximum Gasteiger partial charge on any atom is 0.161 e. The van der Waals surface area contributed by atoms with Gasteiger partial charge in [-0.15, -0.1) is 0 Å². The molecule has 3 rings (SSSR count). The number of benzene rings is 2. The molecule has 4 heteroatoms. The summed E-state index contributed by atoms with van der Waals surface area (Å²) in [5, 5.41) is 9.44. The molecule has 1 heterocycles. The second-order valence-corrected chi connectivity index (χ2v) is 4.41. The summed E-state index contributed by atoms with van der Waals surface area (Å²) in [5.41, 5.74) is 1.38. The van der Waals surface area contributed by atoms with Gasteiger partial charge >= 0.3 is 0 Å². The first-order chi connectivity index (χ1) is 9.22. The van der Waals surface area contributed by atoms with Crippen molar-refractivity contribution in [1.29, 1.82) is 0 Å². The zero-order valence-corrected chi connectivity index (χ0v) is 10.2. The molecular weight excluding hydrogens is 247 g/mol. The van der Waals surface area contributed by atoms with Crippen LogP contribution in [0.4, 0.5) is 4.39 Å². The predicted octanol–water partition coefficient (Wildman–Crippen LogP) is 3.36. The third-order valence-electron chi connectivity index (χ3n) is 2.96. The first kappa shape index (κ1) is 11.8. The molecule has 0 aromatic heterocycles. The van der Waals surface area contributed by atoms with Crippen LogP contribution >= 0.6 is 0 Å². The van der Waals surface area contributed by atoms with Crippen LogP contribution in [-0.4, -0.2) is 18.3 Å². The van der Waals surface area contributed by atoms with E-state index in [0.29, 0.717) is 30.3 Å². The topological polar surface area (TPSA) is 38.7 Å². The Labute approximate surface area is 110 Å². The van der Waals surface area contributed by atoms with Gasteiger partial charge in [-0.25, -0.2) is 4.39 Å². The molecule has 2 aromatic carbocycles. The standard InChI is InChI=1S/C15H13FO3/c16-12-6-11(7-13(17)9-12)10-2-3-14-15(8-10)19-5-1-4-18-14/h2-3,6-9,17H,1,4-5H2. The zero-order valence-electron chi connectivity index (χ0n) is 10.2. The van der Waals surface area contributed by atoms with Crippen LogP contribution in [0.5, 0.6) is 17.2 Å².